The van der Waals surface area contributed by atoms with Gasteiger partial charge < -0.3 is 10.4 Å². The van der Waals surface area contributed by atoms with Crippen molar-refractivity contribution in [3.05, 3.63) is 35.4 Å². The molecule has 2 rings (SSSR count). The number of aliphatic carboxylic acids is 1. The molecule has 0 amide bonds. The van der Waals surface area contributed by atoms with Crippen LogP contribution in [-0.2, 0) is 11.3 Å². The standard InChI is InChI=1S/C15H21NO2/c1-10(2)14(15(17)18)16-9-12-5-3-4-6-13(12)11-7-8-11/h3-6,10-11,14,16H,7-9H2,1-2H3,(H,17,18). The topological polar surface area (TPSA) is 49.3 Å². The molecule has 3 nitrogen and oxygen atoms in total. The van der Waals surface area contributed by atoms with Gasteiger partial charge in [-0.25, -0.2) is 0 Å². The number of carboxylic acids is 1. The van der Waals surface area contributed by atoms with Crippen molar-refractivity contribution in [2.75, 3.05) is 0 Å². The zero-order valence-corrected chi connectivity index (χ0v) is 11.0. The molecule has 1 aliphatic carbocycles. The second-order valence-corrected chi connectivity index (χ2v) is 5.41. The van der Waals surface area contributed by atoms with Crippen molar-refractivity contribution in [2.24, 2.45) is 5.92 Å². The number of nitrogens with one attached hydrogen (secondary N) is 1. The van der Waals surface area contributed by atoms with Crippen LogP contribution in [0.25, 0.3) is 0 Å². The Morgan fingerprint density at radius 1 is 1.39 bits per heavy atom. The van der Waals surface area contributed by atoms with Crippen molar-refractivity contribution in [1.82, 2.24) is 5.32 Å². The molecule has 2 N–H and O–H groups in total. The van der Waals surface area contributed by atoms with Gasteiger partial charge in [-0.3, -0.25) is 4.79 Å². The quantitative estimate of drug-likeness (QED) is 0.812. The Morgan fingerprint density at radius 2 is 2.06 bits per heavy atom. The molecule has 1 unspecified atom stereocenters. The molecular weight excluding hydrogens is 226 g/mol. The van der Waals surface area contributed by atoms with Crippen LogP contribution in [0.5, 0.6) is 0 Å². The van der Waals surface area contributed by atoms with E-state index in [0.717, 1.165) is 0 Å². The highest BCUT2D eigenvalue weighted by Gasteiger charge is 2.26. The summed E-state index contributed by atoms with van der Waals surface area (Å²) in [6.45, 7) is 4.50. The van der Waals surface area contributed by atoms with Crippen LogP contribution in [-0.4, -0.2) is 17.1 Å². The first-order valence-corrected chi connectivity index (χ1v) is 6.63. The van der Waals surface area contributed by atoms with Gasteiger partial charge in [0.25, 0.3) is 0 Å². The molecule has 0 spiro atoms. The molecule has 1 atom stereocenters. The van der Waals surface area contributed by atoms with Crippen molar-refractivity contribution in [3.8, 4) is 0 Å². The summed E-state index contributed by atoms with van der Waals surface area (Å²) >= 11 is 0. The Morgan fingerprint density at radius 3 is 2.61 bits per heavy atom. The molecule has 0 saturated heterocycles. The third-order valence-electron chi connectivity index (χ3n) is 3.52. The molecule has 0 aromatic heterocycles. The van der Waals surface area contributed by atoms with Crippen LogP contribution in [0.15, 0.2) is 24.3 Å². The Kier molecular flexibility index (Phi) is 4.02. The highest BCUT2D eigenvalue weighted by Crippen LogP contribution is 2.41. The highest BCUT2D eigenvalue weighted by molar-refractivity contribution is 5.73. The number of benzene rings is 1. The van der Waals surface area contributed by atoms with Gasteiger partial charge in [-0.1, -0.05) is 38.1 Å². The SMILES string of the molecule is CC(C)C(NCc1ccccc1C1CC1)C(=O)O. The molecule has 0 aliphatic heterocycles. The van der Waals surface area contributed by atoms with Crippen LogP contribution >= 0.6 is 0 Å². The fourth-order valence-corrected chi connectivity index (χ4v) is 2.32. The fourth-order valence-electron chi connectivity index (χ4n) is 2.32. The smallest absolute Gasteiger partial charge is 0.320 e. The number of hydrogen-bond acceptors (Lipinski definition) is 2. The first kappa shape index (κ1) is 13.1. The molecule has 1 aromatic rings. The minimum absolute atomic E-state index is 0.0931. The maximum absolute atomic E-state index is 11.1. The van der Waals surface area contributed by atoms with Gasteiger partial charge in [-0.05, 0) is 35.8 Å². The molecular formula is C15H21NO2. The normalized spacial score (nSPS) is 16.8. The molecule has 1 saturated carbocycles. The van der Waals surface area contributed by atoms with Crippen LogP contribution < -0.4 is 5.32 Å². The van der Waals surface area contributed by atoms with Crippen LogP contribution in [0, 0.1) is 5.92 Å². The van der Waals surface area contributed by atoms with Gasteiger partial charge in [0.05, 0.1) is 0 Å². The summed E-state index contributed by atoms with van der Waals surface area (Å²) in [6, 6.07) is 7.87. The van der Waals surface area contributed by atoms with Crippen molar-refractivity contribution >= 4 is 5.97 Å². The second kappa shape index (κ2) is 5.53. The van der Waals surface area contributed by atoms with E-state index >= 15 is 0 Å². The molecule has 1 aliphatic rings. The van der Waals surface area contributed by atoms with Crippen LogP contribution in [0.1, 0.15) is 43.7 Å². The van der Waals surface area contributed by atoms with Gasteiger partial charge >= 0.3 is 5.97 Å². The van der Waals surface area contributed by atoms with Gasteiger partial charge in [-0.2, -0.15) is 0 Å². The summed E-state index contributed by atoms with van der Waals surface area (Å²) in [4.78, 5) is 11.1. The summed E-state index contributed by atoms with van der Waals surface area (Å²) in [6.07, 6.45) is 2.53. The van der Waals surface area contributed by atoms with Crippen molar-refractivity contribution in [2.45, 2.75) is 45.2 Å². The predicted molar refractivity (Wildman–Crippen MR) is 71.5 cm³/mol. The van der Waals surface area contributed by atoms with Crippen LogP contribution in [0.3, 0.4) is 0 Å². The van der Waals surface area contributed by atoms with Crippen LogP contribution in [0.2, 0.25) is 0 Å². The van der Waals surface area contributed by atoms with Crippen molar-refractivity contribution in [3.63, 3.8) is 0 Å². The monoisotopic (exact) mass is 247 g/mol. The minimum Gasteiger partial charge on any atom is -0.480 e. The summed E-state index contributed by atoms with van der Waals surface area (Å²) in [5, 5.41) is 12.3. The summed E-state index contributed by atoms with van der Waals surface area (Å²) in [5.74, 6) is 0.0230. The minimum atomic E-state index is -0.770. The summed E-state index contributed by atoms with van der Waals surface area (Å²) in [7, 11) is 0. The van der Waals surface area contributed by atoms with Crippen LogP contribution in [0.4, 0.5) is 0 Å². The van der Waals surface area contributed by atoms with Crippen molar-refractivity contribution < 1.29 is 9.90 Å². The molecule has 0 bridgehead atoms. The number of rotatable bonds is 6. The lowest BCUT2D eigenvalue weighted by Gasteiger charge is -2.19. The van der Waals surface area contributed by atoms with E-state index in [1.54, 1.807) is 0 Å². The van der Waals surface area contributed by atoms with E-state index in [1.165, 1.54) is 24.0 Å². The lowest BCUT2D eigenvalue weighted by molar-refractivity contribution is -0.140. The van der Waals surface area contributed by atoms with E-state index in [0.29, 0.717) is 12.5 Å². The lowest BCUT2D eigenvalue weighted by Crippen LogP contribution is -2.40. The summed E-state index contributed by atoms with van der Waals surface area (Å²) < 4.78 is 0. The molecule has 3 heteroatoms. The molecule has 0 radical (unpaired) electrons. The maximum atomic E-state index is 11.1. The first-order valence-electron chi connectivity index (χ1n) is 6.63. The van der Waals surface area contributed by atoms with E-state index in [4.69, 9.17) is 5.11 Å². The third kappa shape index (κ3) is 3.10. The predicted octanol–water partition coefficient (Wildman–Crippen LogP) is 2.76. The third-order valence-corrected chi connectivity index (χ3v) is 3.52. The Bertz CT molecular complexity index is 424. The average molecular weight is 247 g/mol. The zero-order chi connectivity index (χ0) is 13.1. The van der Waals surface area contributed by atoms with E-state index in [2.05, 4.69) is 23.5 Å². The Hall–Kier alpha value is -1.35. The highest BCUT2D eigenvalue weighted by atomic mass is 16.4. The molecule has 1 fully saturated rings. The van der Waals surface area contributed by atoms with Gasteiger partial charge in [0.15, 0.2) is 0 Å². The molecule has 98 valence electrons. The van der Waals surface area contributed by atoms with E-state index in [1.807, 2.05) is 19.9 Å². The average Bonchev–Trinajstić information content (AvgIpc) is 3.13. The van der Waals surface area contributed by atoms with E-state index < -0.39 is 12.0 Å². The van der Waals surface area contributed by atoms with Gasteiger partial charge in [0.2, 0.25) is 0 Å². The van der Waals surface area contributed by atoms with Gasteiger partial charge in [0, 0.05) is 6.54 Å². The first-order chi connectivity index (χ1) is 8.59. The largest absolute Gasteiger partial charge is 0.480 e. The lowest BCUT2D eigenvalue weighted by atomic mass is 10.0. The fraction of sp³-hybridized carbons (Fsp3) is 0.533. The molecule has 1 aromatic carbocycles. The zero-order valence-electron chi connectivity index (χ0n) is 11.0. The number of hydrogen-bond donors (Lipinski definition) is 2. The van der Waals surface area contributed by atoms with Crippen molar-refractivity contribution in [1.29, 1.82) is 0 Å². The molecule has 18 heavy (non-hydrogen) atoms. The number of carbonyl (C=O) groups is 1. The van der Waals surface area contributed by atoms with E-state index in [9.17, 15) is 4.79 Å². The van der Waals surface area contributed by atoms with E-state index in [-0.39, 0.29) is 5.92 Å². The Balaban J connectivity index is 2.03. The second-order valence-electron chi connectivity index (χ2n) is 5.41. The van der Waals surface area contributed by atoms with Gasteiger partial charge in [0.1, 0.15) is 6.04 Å². The maximum Gasteiger partial charge on any atom is 0.320 e. The Labute approximate surface area is 108 Å². The molecule has 0 heterocycles. The number of carboxylic acid groups (broad SMARTS) is 1. The van der Waals surface area contributed by atoms with Gasteiger partial charge in [-0.15, -0.1) is 0 Å². The summed E-state index contributed by atoms with van der Waals surface area (Å²) in [5.41, 5.74) is 2.63.